The van der Waals surface area contributed by atoms with Gasteiger partial charge in [0.1, 0.15) is 0 Å². The van der Waals surface area contributed by atoms with Gasteiger partial charge in [0.05, 0.1) is 0 Å². The largest absolute Gasteiger partial charge is 0.312 e. The first-order valence-electron chi connectivity index (χ1n) is 4.43. The van der Waals surface area contributed by atoms with E-state index in [0.29, 0.717) is 5.54 Å². The minimum Gasteiger partial charge on any atom is -0.312 e. The van der Waals surface area contributed by atoms with Crippen molar-refractivity contribution in [3.05, 3.63) is 0 Å². The zero-order valence-corrected chi connectivity index (χ0v) is 8.15. The highest BCUT2D eigenvalue weighted by Gasteiger charge is 2.26. The summed E-state index contributed by atoms with van der Waals surface area (Å²) in [4.78, 5) is 2.27. The molecule has 1 aliphatic rings. The van der Waals surface area contributed by atoms with Crippen molar-refractivity contribution in [2.45, 2.75) is 38.3 Å². The van der Waals surface area contributed by atoms with Crippen LogP contribution in [-0.4, -0.2) is 37.1 Å². The van der Waals surface area contributed by atoms with Gasteiger partial charge in [-0.05, 0) is 40.8 Å². The van der Waals surface area contributed by atoms with Crippen LogP contribution in [0.2, 0.25) is 0 Å². The molecule has 2 heteroatoms. The van der Waals surface area contributed by atoms with Gasteiger partial charge in [-0.1, -0.05) is 0 Å². The molecule has 0 amide bonds. The van der Waals surface area contributed by atoms with E-state index in [9.17, 15) is 0 Å². The van der Waals surface area contributed by atoms with E-state index in [0.717, 1.165) is 12.6 Å². The van der Waals surface area contributed by atoms with E-state index in [1.807, 2.05) is 0 Å². The van der Waals surface area contributed by atoms with Crippen LogP contribution in [0.3, 0.4) is 0 Å². The molecule has 1 N–H and O–H groups in total. The monoisotopic (exact) mass is 156 g/mol. The van der Waals surface area contributed by atoms with Gasteiger partial charge in [0.2, 0.25) is 0 Å². The third-order valence-electron chi connectivity index (χ3n) is 2.61. The van der Waals surface area contributed by atoms with Gasteiger partial charge < -0.3 is 10.2 Å². The molecule has 0 atom stereocenters. The van der Waals surface area contributed by atoms with Gasteiger partial charge in [0.25, 0.3) is 0 Å². The number of hydrogen-bond acceptors (Lipinski definition) is 2. The van der Waals surface area contributed by atoms with Crippen molar-refractivity contribution < 1.29 is 0 Å². The fourth-order valence-electron chi connectivity index (χ4n) is 0.840. The Morgan fingerprint density at radius 3 is 2.27 bits per heavy atom. The minimum absolute atomic E-state index is 0.294. The summed E-state index contributed by atoms with van der Waals surface area (Å²) in [5, 5.41) is 3.54. The molecule has 2 nitrogen and oxygen atoms in total. The second-order valence-corrected chi connectivity index (χ2v) is 4.36. The molecule has 0 saturated heterocycles. The summed E-state index contributed by atoms with van der Waals surface area (Å²) in [6.07, 6.45) is 2.76. The van der Waals surface area contributed by atoms with Crippen LogP contribution in [0, 0.1) is 0 Å². The molecule has 0 aromatic heterocycles. The van der Waals surface area contributed by atoms with Crippen molar-refractivity contribution in [2.24, 2.45) is 0 Å². The maximum absolute atomic E-state index is 3.54. The summed E-state index contributed by atoms with van der Waals surface area (Å²) in [7, 11) is 4.27. The second kappa shape index (κ2) is 3.11. The molecule has 1 saturated carbocycles. The van der Waals surface area contributed by atoms with Crippen LogP contribution < -0.4 is 5.32 Å². The SMILES string of the molecule is CN(C)C(C)(C)CNC1CC1. The first-order chi connectivity index (χ1) is 5.02. The Morgan fingerprint density at radius 2 is 1.91 bits per heavy atom. The molecule has 1 fully saturated rings. The molecule has 66 valence electrons. The predicted octanol–water partition coefficient (Wildman–Crippen LogP) is 1.08. The first kappa shape index (κ1) is 9.01. The summed E-state index contributed by atoms with van der Waals surface area (Å²) >= 11 is 0. The highest BCUT2D eigenvalue weighted by molar-refractivity contribution is 4.87. The molecule has 0 heterocycles. The molecule has 0 unspecified atom stereocenters. The Kier molecular flexibility index (Phi) is 2.55. The van der Waals surface area contributed by atoms with E-state index in [1.165, 1.54) is 12.8 Å². The lowest BCUT2D eigenvalue weighted by molar-refractivity contribution is 0.189. The molecule has 0 aromatic rings. The average Bonchev–Trinajstić information content (AvgIpc) is 2.65. The van der Waals surface area contributed by atoms with Crippen molar-refractivity contribution in [3.63, 3.8) is 0 Å². The molecule has 0 aliphatic heterocycles. The summed E-state index contributed by atoms with van der Waals surface area (Å²) in [6.45, 7) is 5.63. The third-order valence-corrected chi connectivity index (χ3v) is 2.61. The average molecular weight is 156 g/mol. The summed E-state index contributed by atoms with van der Waals surface area (Å²) < 4.78 is 0. The van der Waals surface area contributed by atoms with E-state index >= 15 is 0 Å². The third kappa shape index (κ3) is 2.80. The smallest absolute Gasteiger partial charge is 0.0271 e. The van der Waals surface area contributed by atoms with Gasteiger partial charge in [-0.3, -0.25) is 0 Å². The maximum atomic E-state index is 3.54. The highest BCUT2D eigenvalue weighted by Crippen LogP contribution is 2.20. The van der Waals surface area contributed by atoms with Crippen LogP contribution in [0.1, 0.15) is 26.7 Å². The topological polar surface area (TPSA) is 15.3 Å². The minimum atomic E-state index is 0.294. The van der Waals surface area contributed by atoms with Gasteiger partial charge in [0, 0.05) is 18.1 Å². The number of nitrogens with zero attached hydrogens (tertiary/aromatic N) is 1. The highest BCUT2D eigenvalue weighted by atomic mass is 15.2. The van der Waals surface area contributed by atoms with Crippen LogP contribution >= 0.6 is 0 Å². The predicted molar refractivity (Wildman–Crippen MR) is 48.8 cm³/mol. The quantitative estimate of drug-likeness (QED) is 0.655. The molecule has 1 rings (SSSR count). The van der Waals surface area contributed by atoms with E-state index in [2.05, 4.69) is 38.2 Å². The number of rotatable bonds is 4. The van der Waals surface area contributed by atoms with Crippen LogP contribution in [0.25, 0.3) is 0 Å². The number of nitrogens with one attached hydrogen (secondary N) is 1. The van der Waals surface area contributed by atoms with Crippen molar-refractivity contribution in [1.29, 1.82) is 0 Å². The Balaban J connectivity index is 2.20. The Labute approximate surface area is 70.0 Å². The van der Waals surface area contributed by atoms with E-state index < -0.39 is 0 Å². The zero-order chi connectivity index (χ0) is 8.48. The molecule has 0 bridgehead atoms. The molecule has 0 aromatic carbocycles. The van der Waals surface area contributed by atoms with E-state index in [-0.39, 0.29) is 0 Å². The van der Waals surface area contributed by atoms with Crippen LogP contribution in [0.15, 0.2) is 0 Å². The first-order valence-corrected chi connectivity index (χ1v) is 4.43. The van der Waals surface area contributed by atoms with Gasteiger partial charge in [-0.25, -0.2) is 0 Å². The number of likely N-dealkylation sites (N-methyl/N-ethyl adjacent to an activating group) is 1. The Hall–Kier alpha value is -0.0800. The number of hydrogen-bond donors (Lipinski definition) is 1. The fraction of sp³-hybridized carbons (Fsp3) is 1.00. The molecule has 0 radical (unpaired) electrons. The van der Waals surface area contributed by atoms with E-state index in [4.69, 9.17) is 0 Å². The Bertz CT molecular complexity index is 126. The van der Waals surface area contributed by atoms with Crippen molar-refractivity contribution in [1.82, 2.24) is 10.2 Å². The zero-order valence-electron chi connectivity index (χ0n) is 8.15. The molecule has 1 aliphatic carbocycles. The second-order valence-electron chi connectivity index (χ2n) is 4.36. The lowest BCUT2D eigenvalue weighted by Crippen LogP contribution is -2.47. The fourth-order valence-corrected chi connectivity index (χ4v) is 0.840. The maximum Gasteiger partial charge on any atom is 0.0271 e. The standard InChI is InChI=1S/C9H20N2/c1-9(2,11(3)4)7-10-8-5-6-8/h8,10H,5-7H2,1-4H3. The molecular formula is C9H20N2. The Morgan fingerprint density at radius 1 is 1.36 bits per heavy atom. The summed E-state index contributed by atoms with van der Waals surface area (Å²) in [6, 6.07) is 0.828. The lowest BCUT2D eigenvalue weighted by Gasteiger charge is -2.32. The van der Waals surface area contributed by atoms with Crippen LogP contribution in [0.4, 0.5) is 0 Å². The van der Waals surface area contributed by atoms with Crippen molar-refractivity contribution >= 4 is 0 Å². The normalized spacial score (nSPS) is 19.4. The van der Waals surface area contributed by atoms with Gasteiger partial charge in [-0.2, -0.15) is 0 Å². The summed E-state index contributed by atoms with van der Waals surface area (Å²) in [5.41, 5.74) is 0.294. The van der Waals surface area contributed by atoms with Gasteiger partial charge in [-0.15, -0.1) is 0 Å². The van der Waals surface area contributed by atoms with Crippen LogP contribution in [0.5, 0.6) is 0 Å². The molecular weight excluding hydrogens is 136 g/mol. The van der Waals surface area contributed by atoms with Crippen LogP contribution in [-0.2, 0) is 0 Å². The van der Waals surface area contributed by atoms with E-state index in [1.54, 1.807) is 0 Å². The molecule has 0 spiro atoms. The lowest BCUT2D eigenvalue weighted by atomic mass is 10.0. The van der Waals surface area contributed by atoms with Crippen molar-refractivity contribution in [2.75, 3.05) is 20.6 Å². The summed E-state index contributed by atoms with van der Waals surface area (Å²) in [5.74, 6) is 0. The van der Waals surface area contributed by atoms with Crippen molar-refractivity contribution in [3.8, 4) is 0 Å². The van der Waals surface area contributed by atoms with Gasteiger partial charge in [0.15, 0.2) is 0 Å². The molecule has 11 heavy (non-hydrogen) atoms. The van der Waals surface area contributed by atoms with Gasteiger partial charge >= 0.3 is 0 Å².